The molecule has 0 spiro atoms. The van der Waals surface area contributed by atoms with Crippen molar-refractivity contribution in [3.05, 3.63) is 78.6 Å². The van der Waals surface area contributed by atoms with Crippen LogP contribution in [0.4, 0.5) is 5.13 Å². The number of aromatic nitrogens is 2. The van der Waals surface area contributed by atoms with Gasteiger partial charge in [-0.15, -0.1) is 11.8 Å². The molecule has 2 aromatic carbocycles. The summed E-state index contributed by atoms with van der Waals surface area (Å²) in [4.78, 5) is 25.2. The van der Waals surface area contributed by atoms with Gasteiger partial charge in [-0.1, -0.05) is 35.6 Å². The Morgan fingerprint density at radius 1 is 1.06 bits per heavy atom. The Kier molecular flexibility index (Phi) is 7.74. The van der Waals surface area contributed by atoms with E-state index in [4.69, 9.17) is 9.72 Å². The number of para-hydroxylation sites is 1. The fourth-order valence-electron chi connectivity index (χ4n) is 3.30. The van der Waals surface area contributed by atoms with E-state index in [2.05, 4.69) is 17.1 Å². The maximum Gasteiger partial charge on any atom is 0.229 e. The first-order valence-electron chi connectivity index (χ1n) is 10.6. The first kappa shape index (κ1) is 22.3. The molecule has 0 aliphatic heterocycles. The van der Waals surface area contributed by atoms with Gasteiger partial charge in [0.15, 0.2) is 5.13 Å². The monoisotopic (exact) mass is 463 g/mol. The maximum atomic E-state index is 13.3. The first-order valence-corrected chi connectivity index (χ1v) is 12.4. The zero-order valence-corrected chi connectivity index (χ0v) is 19.6. The molecule has 0 aliphatic carbocycles. The molecule has 0 N–H and O–H groups in total. The van der Waals surface area contributed by atoms with Gasteiger partial charge in [-0.2, -0.15) is 0 Å². The minimum atomic E-state index is 0.0764. The van der Waals surface area contributed by atoms with E-state index in [-0.39, 0.29) is 5.91 Å². The minimum absolute atomic E-state index is 0.0764. The molecule has 0 fully saturated rings. The van der Waals surface area contributed by atoms with Gasteiger partial charge < -0.3 is 4.74 Å². The first-order chi connectivity index (χ1) is 15.7. The van der Waals surface area contributed by atoms with Gasteiger partial charge in [0.1, 0.15) is 11.3 Å². The number of fused-ring (bicyclic) bond motifs is 1. The fourth-order valence-corrected chi connectivity index (χ4v) is 5.17. The lowest BCUT2D eigenvalue weighted by atomic mass is 10.2. The average molecular weight is 464 g/mol. The Hall–Kier alpha value is -2.90. The van der Waals surface area contributed by atoms with Crippen LogP contribution in [0.2, 0.25) is 0 Å². The fraction of sp³-hybridized carbons (Fsp3) is 0.240. The topological polar surface area (TPSA) is 55.3 Å². The molecule has 0 atom stereocenters. The molecule has 0 radical (unpaired) electrons. The molecule has 2 aromatic heterocycles. The smallest absolute Gasteiger partial charge is 0.229 e. The Balaban J connectivity index is 1.51. The number of amides is 1. The molecule has 1 amide bonds. The molecule has 0 saturated heterocycles. The van der Waals surface area contributed by atoms with Crippen LogP contribution in [0.15, 0.2) is 78.0 Å². The molecule has 4 rings (SSSR count). The van der Waals surface area contributed by atoms with Crippen LogP contribution < -0.4 is 9.64 Å². The summed E-state index contributed by atoms with van der Waals surface area (Å²) in [6, 6.07) is 20.1. The summed E-state index contributed by atoms with van der Waals surface area (Å²) in [5.41, 5.74) is 1.83. The zero-order valence-electron chi connectivity index (χ0n) is 17.9. The van der Waals surface area contributed by atoms with E-state index in [0.717, 1.165) is 33.7 Å². The number of thiazole rings is 1. The lowest BCUT2D eigenvalue weighted by Crippen LogP contribution is -2.30. The molecular formula is C25H25N3O2S2. The summed E-state index contributed by atoms with van der Waals surface area (Å²) in [7, 11) is 0. The minimum Gasteiger partial charge on any atom is -0.492 e. The van der Waals surface area contributed by atoms with Crippen LogP contribution in [0.1, 0.15) is 25.3 Å². The van der Waals surface area contributed by atoms with Gasteiger partial charge in [-0.05, 0) is 61.1 Å². The number of nitrogens with zero attached hydrogens (tertiary/aromatic N) is 3. The standard InChI is InChI=1S/C25H25N3O2S2/c1-2-30-21-10-6-11-22-24(21)27-25(32-22)28(18-19-13-15-26-16-14-19)23(29)12-7-17-31-20-8-4-3-5-9-20/h3-6,8-11,13-16H,2,7,12,17-18H2,1H3. The Morgan fingerprint density at radius 2 is 1.88 bits per heavy atom. The highest BCUT2D eigenvalue weighted by Crippen LogP contribution is 2.35. The summed E-state index contributed by atoms with van der Waals surface area (Å²) in [6.45, 7) is 3.00. The van der Waals surface area contributed by atoms with Crippen LogP contribution in [0.5, 0.6) is 5.75 Å². The van der Waals surface area contributed by atoms with E-state index in [1.807, 2.05) is 55.5 Å². The largest absolute Gasteiger partial charge is 0.492 e. The number of ether oxygens (including phenoxy) is 1. The molecule has 0 saturated carbocycles. The summed E-state index contributed by atoms with van der Waals surface area (Å²) in [5, 5.41) is 0.699. The summed E-state index contributed by atoms with van der Waals surface area (Å²) < 4.78 is 6.75. The third-order valence-electron chi connectivity index (χ3n) is 4.84. The number of benzene rings is 2. The Labute approximate surface area is 196 Å². The lowest BCUT2D eigenvalue weighted by Gasteiger charge is -2.20. The van der Waals surface area contributed by atoms with Crippen LogP contribution in [-0.2, 0) is 11.3 Å². The summed E-state index contributed by atoms with van der Waals surface area (Å²) in [5.74, 6) is 1.73. The Bertz CT molecular complexity index is 1150. The second-order valence-electron chi connectivity index (χ2n) is 7.13. The average Bonchev–Trinajstić information content (AvgIpc) is 3.27. The third kappa shape index (κ3) is 5.66. The van der Waals surface area contributed by atoms with Gasteiger partial charge in [-0.3, -0.25) is 14.7 Å². The molecule has 0 aliphatic rings. The molecule has 2 heterocycles. The van der Waals surface area contributed by atoms with Crippen molar-refractivity contribution < 1.29 is 9.53 Å². The molecule has 4 aromatic rings. The van der Waals surface area contributed by atoms with Crippen LogP contribution >= 0.6 is 23.1 Å². The van der Waals surface area contributed by atoms with Crippen molar-refractivity contribution in [1.29, 1.82) is 0 Å². The van der Waals surface area contributed by atoms with Crippen LogP contribution in [0.3, 0.4) is 0 Å². The second kappa shape index (κ2) is 11.1. The van der Waals surface area contributed by atoms with Crippen LogP contribution in [0.25, 0.3) is 10.2 Å². The quantitative estimate of drug-likeness (QED) is 0.207. The number of carbonyl (C=O) groups excluding carboxylic acids is 1. The van der Waals surface area contributed by atoms with Crippen molar-refractivity contribution in [3.63, 3.8) is 0 Å². The van der Waals surface area contributed by atoms with Crippen LogP contribution in [-0.4, -0.2) is 28.2 Å². The summed E-state index contributed by atoms with van der Waals surface area (Å²) in [6.07, 6.45) is 4.78. The number of rotatable bonds is 10. The molecule has 164 valence electrons. The molecule has 5 nitrogen and oxygen atoms in total. The Morgan fingerprint density at radius 3 is 2.66 bits per heavy atom. The van der Waals surface area contributed by atoms with Crippen molar-refractivity contribution in [2.75, 3.05) is 17.3 Å². The van der Waals surface area contributed by atoms with Crippen molar-refractivity contribution >= 4 is 44.4 Å². The number of hydrogen-bond donors (Lipinski definition) is 0. The number of thioether (sulfide) groups is 1. The predicted octanol–water partition coefficient (Wildman–Crippen LogP) is 6.20. The second-order valence-corrected chi connectivity index (χ2v) is 9.31. The highest BCUT2D eigenvalue weighted by molar-refractivity contribution is 7.99. The molecule has 32 heavy (non-hydrogen) atoms. The highest BCUT2D eigenvalue weighted by Gasteiger charge is 2.21. The molecule has 7 heteroatoms. The van der Waals surface area contributed by atoms with Crippen molar-refractivity contribution in [3.8, 4) is 5.75 Å². The predicted molar refractivity (Wildman–Crippen MR) is 133 cm³/mol. The van der Waals surface area contributed by atoms with Gasteiger partial charge in [-0.25, -0.2) is 4.98 Å². The van der Waals surface area contributed by atoms with Gasteiger partial charge in [0, 0.05) is 23.7 Å². The van der Waals surface area contributed by atoms with Gasteiger partial charge in [0.25, 0.3) is 0 Å². The van der Waals surface area contributed by atoms with Gasteiger partial charge >= 0.3 is 0 Å². The van der Waals surface area contributed by atoms with E-state index < -0.39 is 0 Å². The summed E-state index contributed by atoms with van der Waals surface area (Å²) >= 11 is 3.30. The highest BCUT2D eigenvalue weighted by atomic mass is 32.2. The maximum absolute atomic E-state index is 13.3. The molecule has 0 bridgehead atoms. The number of pyridine rings is 1. The number of anilines is 1. The van der Waals surface area contributed by atoms with E-state index in [9.17, 15) is 4.79 Å². The van der Waals surface area contributed by atoms with Crippen molar-refractivity contribution in [2.24, 2.45) is 0 Å². The van der Waals surface area contributed by atoms with Crippen molar-refractivity contribution in [1.82, 2.24) is 9.97 Å². The van der Waals surface area contributed by atoms with E-state index >= 15 is 0 Å². The van der Waals surface area contributed by atoms with E-state index in [0.29, 0.717) is 24.7 Å². The molecule has 0 unspecified atom stereocenters. The van der Waals surface area contributed by atoms with Gasteiger partial charge in [0.05, 0.1) is 17.9 Å². The molecular weight excluding hydrogens is 438 g/mol. The van der Waals surface area contributed by atoms with Crippen LogP contribution in [0, 0.1) is 0 Å². The zero-order chi connectivity index (χ0) is 22.2. The normalized spacial score (nSPS) is 10.9. The number of hydrogen-bond acceptors (Lipinski definition) is 6. The lowest BCUT2D eigenvalue weighted by molar-refractivity contribution is -0.118. The van der Waals surface area contributed by atoms with E-state index in [1.54, 1.807) is 29.1 Å². The van der Waals surface area contributed by atoms with E-state index in [1.165, 1.54) is 16.2 Å². The van der Waals surface area contributed by atoms with Gasteiger partial charge in [0.2, 0.25) is 5.91 Å². The number of carbonyl (C=O) groups is 1. The van der Waals surface area contributed by atoms with Crippen molar-refractivity contribution in [2.45, 2.75) is 31.2 Å². The third-order valence-corrected chi connectivity index (χ3v) is 6.98. The SMILES string of the molecule is CCOc1cccc2sc(N(Cc3ccncc3)C(=O)CCCSc3ccccc3)nc12.